The molecule has 0 unspecified atom stereocenters. The Labute approximate surface area is 160 Å². The van der Waals surface area contributed by atoms with E-state index < -0.39 is 6.04 Å². The molecular weight excluding hydrogens is 362 g/mol. The van der Waals surface area contributed by atoms with Gasteiger partial charge in [0.15, 0.2) is 11.5 Å². The molecule has 2 amide bonds. The van der Waals surface area contributed by atoms with Gasteiger partial charge in [-0.25, -0.2) is 0 Å². The molecule has 0 saturated heterocycles. The molecule has 0 aliphatic heterocycles. The van der Waals surface area contributed by atoms with Gasteiger partial charge in [0, 0.05) is 18.9 Å². The maximum atomic E-state index is 12.0. The van der Waals surface area contributed by atoms with E-state index in [0.29, 0.717) is 30.4 Å². The molecule has 26 heavy (non-hydrogen) atoms. The second-order valence-corrected chi connectivity index (χ2v) is 5.74. The van der Waals surface area contributed by atoms with Gasteiger partial charge in [0.1, 0.15) is 6.61 Å². The van der Waals surface area contributed by atoms with E-state index in [1.165, 1.54) is 7.11 Å². The van der Waals surface area contributed by atoms with Crippen molar-refractivity contribution >= 4 is 29.9 Å². The average molecular weight is 390 g/mol. The van der Waals surface area contributed by atoms with E-state index in [4.69, 9.17) is 19.9 Å². The van der Waals surface area contributed by atoms with Crippen LogP contribution in [-0.4, -0.2) is 51.8 Å². The van der Waals surface area contributed by atoms with Crippen LogP contribution in [0.5, 0.6) is 11.5 Å². The van der Waals surface area contributed by atoms with Crippen LogP contribution in [0.1, 0.15) is 13.8 Å². The first kappa shape index (κ1) is 24.0. The highest BCUT2D eigenvalue weighted by molar-refractivity contribution is 5.95. The van der Waals surface area contributed by atoms with Gasteiger partial charge in [0.05, 0.1) is 26.3 Å². The minimum absolute atomic E-state index is 0. The van der Waals surface area contributed by atoms with Gasteiger partial charge < -0.3 is 30.6 Å². The highest BCUT2D eigenvalue weighted by atomic mass is 35.5. The number of ether oxygens (including phenoxy) is 3. The molecule has 148 valence electrons. The lowest BCUT2D eigenvalue weighted by Crippen LogP contribution is -2.46. The molecule has 0 aromatic heterocycles. The number of hydrogen-bond donors (Lipinski definition) is 3. The topological polar surface area (TPSA) is 112 Å². The number of nitrogens with one attached hydrogen (secondary N) is 2. The summed E-state index contributed by atoms with van der Waals surface area (Å²) in [4.78, 5) is 23.7. The van der Waals surface area contributed by atoms with Crippen LogP contribution in [-0.2, 0) is 14.3 Å². The van der Waals surface area contributed by atoms with Gasteiger partial charge in [-0.3, -0.25) is 9.59 Å². The van der Waals surface area contributed by atoms with E-state index in [2.05, 4.69) is 10.6 Å². The molecule has 0 aliphatic rings. The van der Waals surface area contributed by atoms with Gasteiger partial charge in [0.2, 0.25) is 11.8 Å². The van der Waals surface area contributed by atoms with Crippen LogP contribution < -0.4 is 25.8 Å². The first-order valence-electron chi connectivity index (χ1n) is 8.02. The lowest BCUT2D eigenvalue weighted by molar-refractivity contribution is -0.125. The van der Waals surface area contributed by atoms with Gasteiger partial charge in [0.25, 0.3) is 0 Å². The van der Waals surface area contributed by atoms with Crippen molar-refractivity contribution in [2.24, 2.45) is 11.7 Å². The zero-order chi connectivity index (χ0) is 18.8. The second kappa shape index (κ2) is 12.3. The summed E-state index contributed by atoms with van der Waals surface area (Å²) in [5.41, 5.74) is 6.25. The van der Waals surface area contributed by atoms with E-state index in [1.54, 1.807) is 25.3 Å². The van der Waals surface area contributed by atoms with E-state index in [0.717, 1.165) is 0 Å². The van der Waals surface area contributed by atoms with Gasteiger partial charge in [-0.2, -0.15) is 0 Å². The van der Waals surface area contributed by atoms with Crippen LogP contribution in [0.3, 0.4) is 0 Å². The number of rotatable bonds is 10. The number of carbonyl (C=O) groups excluding carboxylic acids is 2. The third-order valence-electron chi connectivity index (χ3n) is 3.44. The van der Waals surface area contributed by atoms with Gasteiger partial charge >= 0.3 is 0 Å². The number of amides is 2. The molecule has 0 heterocycles. The molecule has 1 atom stereocenters. The Kier molecular flexibility index (Phi) is 11.4. The predicted octanol–water partition coefficient (Wildman–Crippen LogP) is 1.18. The number of anilines is 1. The maximum absolute atomic E-state index is 12.0. The number of carbonyl (C=O) groups is 2. The first-order valence-corrected chi connectivity index (χ1v) is 8.02. The highest BCUT2D eigenvalue weighted by Crippen LogP contribution is 2.30. The summed E-state index contributed by atoms with van der Waals surface area (Å²) in [5, 5.41) is 5.20. The fourth-order valence-electron chi connectivity index (χ4n) is 1.90. The van der Waals surface area contributed by atoms with Crippen molar-refractivity contribution in [1.29, 1.82) is 0 Å². The van der Waals surface area contributed by atoms with Crippen molar-refractivity contribution in [2.75, 3.05) is 39.3 Å². The van der Waals surface area contributed by atoms with Crippen molar-refractivity contribution in [3.8, 4) is 11.5 Å². The quantitative estimate of drug-likeness (QED) is 0.518. The summed E-state index contributed by atoms with van der Waals surface area (Å²) < 4.78 is 15.7. The average Bonchev–Trinajstić information content (AvgIpc) is 2.59. The number of hydrogen-bond acceptors (Lipinski definition) is 6. The van der Waals surface area contributed by atoms with Gasteiger partial charge in [-0.05, 0) is 18.1 Å². The summed E-state index contributed by atoms with van der Waals surface area (Å²) in [6.45, 7) is 4.31. The fourth-order valence-corrected chi connectivity index (χ4v) is 1.90. The molecule has 0 aliphatic carbocycles. The third-order valence-corrected chi connectivity index (χ3v) is 3.44. The minimum Gasteiger partial charge on any atom is -0.493 e. The Morgan fingerprint density at radius 2 is 1.85 bits per heavy atom. The zero-order valence-electron chi connectivity index (χ0n) is 15.5. The summed E-state index contributed by atoms with van der Waals surface area (Å²) >= 11 is 0. The van der Waals surface area contributed by atoms with Crippen LogP contribution in [0.25, 0.3) is 0 Å². The summed E-state index contributed by atoms with van der Waals surface area (Å²) in [7, 11) is 3.11. The smallest absolute Gasteiger partial charge is 0.243 e. The van der Waals surface area contributed by atoms with Crippen molar-refractivity contribution in [3.05, 3.63) is 18.2 Å². The van der Waals surface area contributed by atoms with E-state index >= 15 is 0 Å². The second-order valence-electron chi connectivity index (χ2n) is 5.74. The monoisotopic (exact) mass is 389 g/mol. The molecule has 1 aromatic rings. The Balaban J connectivity index is 0.00000625. The SMILES string of the molecule is COCCOc1cc(NC(=O)CNC(=O)[C@@H](N)C(C)C)ccc1OC.Cl. The Morgan fingerprint density at radius 3 is 2.42 bits per heavy atom. The molecule has 8 nitrogen and oxygen atoms in total. The minimum atomic E-state index is -0.644. The molecule has 0 saturated carbocycles. The Morgan fingerprint density at radius 1 is 1.15 bits per heavy atom. The summed E-state index contributed by atoms with van der Waals surface area (Å²) in [6, 6.07) is 4.37. The third kappa shape index (κ3) is 7.90. The molecule has 0 bridgehead atoms. The normalized spacial score (nSPS) is 11.3. The number of halogens is 1. The standard InChI is InChI=1S/C17H27N3O5.ClH/c1-11(2)16(18)17(22)19-10-15(21)20-12-5-6-13(24-4)14(9-12)25-8-7-23-3;/h5-6,9,11,16H,7-8,10,18H2,1-4H3,(H,19,22)(H,20,21);1H/t16-;/m0./s1. The number of nitrogens with two attached hydrogens (primary N) is 1. The predicted molar refractivity (Wildman–Crippen MR) is 102 cm³/mol. The van der Waals surface area contributed by atoms with Crippen LogP contribution in [0, 0.1) is 5.92 Å². The summed E-state index contributed by atoms with van der Waals surface area (Å²) in [6.07, 6.45) is 0. The van der Waals surface area contributed by atoms with Gasteiger partial charge in [-0.1, -0.05) is 13.8 Å². The largest absolute Gasteiger partial charge is 0.493 e. The molecule has 1 aromatic carbocycles. The van der Waals surface area contributed by atoms with E-state index in [-0.39, 0.29) is 36.7 Å². The molecular formula is C17H28ClN3O5. The first-order chi connectivity index (χ1) is 11.9. The number of methoxy groups -OCH3 is 2. The molecule has 0 fully saturated rings. The zero-order valence-corrected chi connectivity index (χ0v) is 16.4. The van der Waals surface area contributed by atoms with E-state index in [1.807, 2.05) is 13.8 Å². The molecule has 4 N–H and O–H groups in total. The van der Waals surface area contributed by atoms with Crippen molar-refractivity contribution < 1.29 is 23.8 Å². The van der Waals surface area contributed by atoms with Gasteiger partial charge in [-0.15, -0.1) is 12.4 Å². The molecule has 0 spiro atoms. The van der Waals surface area contributed by atoms with Crippen molar-refractivity contribution in [2.45, 2.75) is 19.9 Å². The van der Waals surface area contributed by atoms with Crippen LogP contribution in [0.2, 0.25) is 0 Å². The molecule has 0 radical (unpaired) electrons. The van der Waals surface area contributed by atoms with Crippen LogP contribution in [0.4, 0.5) is 5.69 Å². The highest BCUT2D eigenvalue weighted by Gasteiger charge is 2.17. The lowest BCUT2D eigenvalue weighted by atomic mass is 10.1. The number of benzene rings is 1. The van der Waals surface area contributed by atoms with Crippen molar-refractivity contribution in [3.63, 3.8) is 0 Å². The maximum Gasteiger partial charge on any atom is 0.243 e. The van der Waals surface area contributed by atoms with Crippen molar-refractivity contribution in [1.82, 2.24) is 5.32 Å². The van der Waals surface area contributed by atoms with Crippen LogP contribution in [0.15, 0.2) is 18.2 Å². The molecule has 9 heteroatoms. The fraction of sp³-hybridized carbons (Fsp3) is 0.529. The Bertz CT molecular complexity index is 584. The Hall–Kier alpha value is -2.03. The molecule has 1 rings (SSSR count). The lowest BCUT2D eigenvalue weighted by Gasteiger charge is -2.15. The van der Waals surface area contributed by atoms with E-state index in [9.17, 15) is 9.59 Å². The van der Waals surface area contributed by atoms with Crippen LogP contribution >= 0.6 is 12.4 Å². The summed E-state index contributed by atoms with van der Waals surface area (Å²) in [5.74, 6) is 0.311.